The molecule has 0 aromatic heterocycles. The second-order valence-corrected chi connectivity index (χ2v) is 6.55. The predicted molar refractivity (Wildman–Crippen MR) is 94.4 cm³/mol. The molecule has 0 bridgehead atoms. The topological polar surface area (TPSA) is 86.3 Å². The number of hydrogen-bond donors (Lipinski definition) is 0. The molecule has 1 aliphatic rings. The Hall–Kier alpha value is -3.02. The van der Waals surface area contributed by atoms with E-state index < -0.39 is 21.3 Å². The summed E-state index contributed by atoms with van der Waals surface area (Å²) in [6, 6.07) is 14.5. The maximum Gasteiger partial charge on any atom is 0.323 e. The van der Waals surface area contributed by atoms with Crippen LogP contribution in [0.5, 0.6) is 0 Å². The number of rotatable bonds is 5. The largest absolute Gasteiger partial charge is 0.323 e. The van der Waals surface area contributed by atoms with Gasteiger partial charge in [0.2, 0.25) is 0 Å². The highest BCUT2D eigenvalue weighted by Crippen LogP contribution is 2.58. The monoisotopic (exact) mass is 338 g/mol. The van der Waals surface area contributed by atoms with Crippen molar-refractivity contribution >= 4 is 6.08 Å². The maximum absolute atomic E-state index is 11.8. The molecule has 0 heterocycles. The zero-order valence-corrected chi connectivity index (χ0v) is 14.0. The molecule has 2 aromatic carbocycles. The second-order valence-electron chi connectivity index (χ2n) is 6.55. The molecule has 3 rings (SSSR count). The van der Waals surface area contributed by atoms with Crippen LogP contribution in [0.15, 0.2) is 54.2 Å². The Morgan fingerprint density at radius 2 is 1.52 bits per heavy atom. The molecule has 128 valence electrons. The molecular weight excluding hydrogens is 320 g/mol. The van der Waals surface area contributed by atoms with E-state index in [9.17, 15) is 20.2 Å². The van der Waals surface area contributed by atoms with Crippen LogP contribution in [0.3, 0.4) is 0 Å². The average Bonchev–Trinajstić information content (AvgIpc) is 3.31. The summed E-state index contributed by atoms with van der Waals surface area (Å²) in [5.41, 5.74) is 1.40. The molecule has 2 aromatic rings. The third-order valence-electron chi connectivity index (χ3n) is 4.76. The molecule has 0 N–H and O–H groups in total. The second kappa shape index (κ2) is 6.12. The molecule has 1 fully saturated rings. The summed E-state index contributed by atoms with van der Waals surface area (Å²) < 4.78 is 0. The first-order chi connectivity index (χ1) is 11.8. The van der Waals surface area contributed by atoms with Crippen LogP contribution >= 0.6 is 0 Å². The van der Waals surface area contributed by atoms with Crippen LogP contribution in [0.4, 0.5) is 0 Å². The first kappa shape index (κ1) is 16.8. The molecule has 0 aliphatic heterocycles. The van der Waals surface area contributed by atoms with Crippen molar-refractivity contribution in [3.63, 3.8) is 0 Å². The smallest absolute Gasteiger partial charge is 0.263 e. The molecule has 0 amide bonds. The van der Waals surface area contributed by atoms with E-state index in [0.29, 0.717) is 5.56 Å². The Labute approximate surface area is 145 Å². The summed E-state index contributed by atoms with van der Waals surface area (Å²) in [4.78, 5) is 22.3. The minimum atomic E-state index is -1.66. The molecule has 0 spiro atoms. The van der Waals surface area contributed by atoms with Crippen molar-refractivity contribution in [2.45, 2.75) is 31.7 Å². The van der Waals surface area contributed by atoms with E-state index >= 15 is 0 Å². The highest BCUT2D eigenvalue weighted by atomic mass is 16.6. The van der Waals surface area contributed by atoms with Gasteiger partial charge in [-0.25, -0.2) is 0 Å². The van der Waals surface area contributed by atoms with E-state index in [2.05, 4.69) is 0 Å². The molecule has 6 nitrogen and oxygen atoms in total. The Balaban J connectivity index is 2.03. The summed E-state index contributed by atoms with van der Waals surface area (Å²) in [6.07, 6.45) is 1.47. The molecular formula is C19H18N2O4. The van der Waals surface area contributed by atoms with Crippen LogP contribution in [0.1, 0.15) is 34.6 Å². The Morgan fingerprint density at radius 1 is 1.00 bits per heavy atom. The van der Waals surface area contributed by atoms with E-state index in [4.69, 9.17) is 0 Å². The average molecular weight is 338 g/mol. The third kappa shape index (κ3) is 3.03. The van der Waals surface area contributed by atoms with Crippen molar-refractivity contribution in [1.29, 1.82) is 0 Å². The fourth-order valence-electron chi connectivity index (χ4n) is 3.18. The lowest BCUT2D eigenvalue weighted by Gasteiger charge is -2.08. The van der Waals surface area contributed by atoms with E-state index in [-0.39, 0.29) is 12.1 Å². The quantitative estimate of drug-likeness (QED) is 0.606. The van der Waals surface area contributed by atoms with Crippen LogP contribution in [-0.2, 0) is 0 Å². The van der Waals surface area contributed by atoms with Crippen molar-refractivity contribution in [1.82, 2.24) is 0 Å². The minimum Gasteiger partial charge on any atom is -0.263 e. The van der Waals surface area contributed by atoms with Crippen LogP contribution in [-0.4, -0.2) is 15.4 Å². The molecule has 2 unspecified atom stereocenters. The van der Waals surface area contributed by atoms with E-state index in [1.807, 2.05) is 50.2 Å². The van der Waals surface area contributed by atoms with Crippen LogP contribution in [0.2, 0.25) is 0 Å². The number of benzene rings is 2. The van der Waals surface area contributed by atoms with Gasteiger partial charge in [-0.3, -0.25) is 20.2 Å². The van der Waals surface area contributed by atoms with Gasteiger partial charge in [-0.2, -0.15) is 0 Å². The van der Waals surface area contributed by atoms with Crippen molar-refractivity contribution in [3.8, 4) is 0 Å². The number of nitrogens with zero attached hydrogens (tertiary/aromatic N) is 2. The summed E-state index contributed by atoms with van der Waals surface area (Å²) in [6.45, 7) is 3.84. The first-order valence-electron chi connectivity index (χ1n) is 7.99. The standard InChI is InChI=1S/C19H18N2O4/c1-13-3-7-15(8-4-13)11-18(20(22)23)19(21(24)25)12-17(19)16-9-5-14(2)6-10-16/h3-11,17H,12H2,1-2H3/b18-11+. The fraction of sp³-hybridized carbons (Fsp3) is 0.263. The molecule has 1 aliphatic carbocycles. The molecule has 6 heteroatoms. The Kier molecular flexibility index (Phi) is 4.12. The number of nitro groups is 2. The summed E-state index contributed by atoms with van der Waals surface area (Å²) in [5.74, 6) is -0.481. The van der Waals surface area contributed by atoms with Gasteiger partial charge >= 0.3 is 11.2 Å². The van der Waals surface area contributed by atoms with Gasteiger partial charge in [0.25, 0.3) is 0 Å². The van der Waals surface area contributed by atoms with Gasteiger partial charge in [0.1, 0.15) is 0 Å². The van der Waals surface area contributed by atoms with Gasteiger partial charge in [-0.1, -0.05) is 59.7 Å². The van der Waals surface area contributed by atoms with E-state index in [1.165, 1.54) is 6.08 Å². The van der Waals surface area contributed by atoms with Gasteiger partial charge in [-0.05, 0) is 25.0 Å². The zero-order chi connectivity index (χ0) is 18.2. The van der Waals surface area contributed by atoms with Gasteiger partial charge in [0.15, 0.2) is 0 Å². The lowest BCUT2D eigenvalue weighted by molar-refractivity contribution is -0.569. The fourth-order valence-corrected chi connectivity index (χ4v) is 3.18. The van der Waals surface area contributed by atoms with E-state index in [1.54, 1.807) is 12.1 Å². The van der Waals surface area contributed by atoms with Crippen molar-refractivity contribution in [2.24, 2.45) is 0 Å². The van der Waals surface area contributed by atoms with Crippen molar-refractivity contribution < 1.29 is 9.85 Å². The molecule has 1 saturated carbocycles. The van der Waals surface area contributed by atoms with E-state index in [0.717, 1.165) is 16.7 Å². The maximum atomic E-state index is 11.8. The van der Waals surface area contributed by atoms with Crippen LogP contribution in [0, 0.1) is 34.1 Å². The SMILES string of the molecule is Cc1ccc(/C=C(/[N+](=O)[O-])C2([N+](=O)[O-])CC2c2ccc(C)cc2)cc1. The molecule has 2 atom stereocenters. The number of hydrogen-bond acceptors (Lipinski definition) is 4. The van der Waals surface area contributed by atoms with Gasteiger partial charge in [-0.15, -0.1) is 0 Å². The Morgan fingerprint density at radius 3 is 2.00 bits per heavy atom. The van der Waals surface area contributed by atoms with Crippen LogP contribution in [0.25, 0.3) is 6.08 Å². The lowest BCUT2D eigenvalue weighted by Crippen LogP contribution is -2.30. The molecule has 0 radical (unpaired) electrons. The van der Waals surface area contributed by atoms with Crippen molar-refractivity contribution in [3.05, 3.63) is 96.7 Å². The number of aryl methyl sites for hydroxylation is 2. The zero-order valence-electron chi connectivity index (χ0n) is 14.0. The van der Waals surface area contributed by atoms with Crippen LogP contribution < -0.4 is 0 Å². The molecule has 25 heavy (non-hydrogen) atoms. The highest BCUT2D eigenvalue weighted by Gasteiger charge is 2.74. The normalized spacial score (nSPS) is 22.5. The summed E-state index contributed by atoms with van der Waals surface area (Å²) >= 11 is 0. The van der Waals surface area contributed by atoms with Crippen molar-refractivity contribution in [2.75, 3.05) is 0 Å². The minimum absolute atomic E-state index is 0.141. The van der Waals surface area contributed by atoms with Gasteiger partial charge < -0.3 is 0 Å². The van der Waals surface area contributed by atoms with Gasteiger partial charge in [0.05, 0.1) is 10.8 Å². The van der Waals surface area contributed by atoms with Gasteiger partial charge in [0, 0.05) is 17.4 Å². The summed E-state index contributed by atoms with van der Waals surface area (Å²) in [7, 11) is 0. The highest BCUT2D eigenvalue weighted by molar-refractivity contribution is 5.56. The first-order valence-corrected chi connectivity index (χ1v) is 7.99. The summed E-state index contributed by atoms with van der Waals surface area (Å²) in [5, 5.41) is 23.4. The predicted octanol–water partition coefficient (Wildman–Crippen LogP) is 4.12. The molecule has 0 saturated heterocycles. The third-order valence-corrected chi connectivity index (χ3v) is 4.76. The Bertz CT molecular complexity index is 856. The lowest BCUT2D eigenvalue weighted by atomic mass is 10.0.